The van der Waals surface area contributed by atoms with Crippen LogP contribution >= 0.6 is 7.82 Å². The van der Waals surface area contributed by atoms with E-state index in [1.54, 1.807) is 0 Å². The first-order chi connectivity index (χ1) is 7.54. The lowest BCUT2D eigenvalue weighted by Gasteiger charge is -2.26. The third-order valence-electron chi connectivity index (χ3n) is 3.15. The zero-order valence-corrected chi connectivity index (χ0v) is 12.8. The summed E-state index contributed by atoms with van der Waals surface area (Å²) < 4.78 is 21.7. The number of phosphoric acid groups is 1. The van der Waals surface area contributed by atoms with Crippen LogP contribution in [0.3, 0.4) is 0 Å². The minimum Gasteiger partial charge on any atom is -0.302 e. The van der Waals surface area contributed by atoms with Crippen molar-refractivity contribution in [2.24, 2.45) is 10.8 Å². The fraction of sp³-hybridized carbons (Fsp3) is 1.00. The van der Waals surface area contributed by atoms with Crippen LogP contribution in [-0.2, 0) is 13.6 Å². The number of hydrogen-bond acceptors (Lipinski definition) is 3. The number of phosphoric ester groups is 1. The highest BCUT2D eigenvalue weighted by Crippen LogP contribution is 2.46. The Bertz CT molecular complexity index is 250. The Balaban J connectivity index is 4.18. The van der Waals surface area contributed by atoms with Crippen LogP contribution in [0.5, 0.6) is 0 Å². The summed E-state index contributed by atoms with van der Waals surface area (Å²) in [5.74, 6) is 0. The molecule has 0 aromatic rings. The fourth-order valence-corrected chi connectivity index (χ4v) is 1.85. The molecule has 0 aromatic heterocycles. The molecule has 0 saturated heterocycles. The van der Waals surface area contributed by atoms with Crippen LogP contribution in [0.15, 0.2) is 0 Å². The van der Waals surface area contributed by atoms with Crippen LogP contribution in [0.4, 0.5) is 0 Å². The molecule has 0 aliphatic rings. The van der Waals surface area contributed by atoms with Gasteiger partial charge in [0.15, 0.2) is 0 Å². The van der Waals surface area contributed by atoms with Crippen molar-refractivity contribution in [1.29, 1.82) is 0 Å². The molecule has 0 aliphatic carbocycles. The van der Waals surface area contributed by atoms with E-state index < -0.39 is 7.82 Å². The standard InChI is InChI=1S/C12H27O4P/c1-7-11(3,4)9-15-17(13,14)16-10-12(5,6)8-2/h7-10H2,1-6H3,(H,13,14). The van der Waals surface area contributed by atoms with E-state index in [1.165, 1.54) is 0 Å². The molecule has 4 nitrogen and oxygen atoms in total. The summed E-state index contributed by atoms with van der Waals surface area (Å²) in [5.41, 5.74) is -0.218. The van der Waals surface area contributed by atoms with Crippen LogP contribution in [0.2, 0.25) is 0 Å². The molecule has 0 spiro atoms. The van der Waals surface area contributed by atoms with Gasteiger partial charge in [-0.05, 0) is 23.7 Å². The molecule has 0 aromatic carbocycles. The van der Waals surface area contributed by atoms with Crippen molar-refractivity contribution in [3.05, 3.63) is 0 Å². The Morgan fingerprint density at radius 3 is 1.47 bits per heavy atom. The quantitative estimate of drug-likeness (QED) is 0.675. The molecular formula is C12H27O4P. The molecule has 0 aliphatic heterocycles. The summed E-state index contributed by atoms with van der Waals surface area (Å²) in [4.78, 5) is 9.54. The van der Waals surface area contributed by atoms with Gasteiger partial charge in [0.1, 0.15) is 0 Å². The molecule has 0 bridgehead atoms. The third-order valence-corrected chi connectivity index (χ3v) is 4.06. The lowest BCUT2D eigenvalue weighted by Crippen LogP contribution is -2.20. The normalized spacial score (nSPS) is 14.1. The molecule has 104 valence electrons. The topological polar surface area (TPSA) is 55.8 Å². The highest BCUT2D eigenvalue weighted by atomic mass is 31.2. The minimum absolute atomic E-state index is 0.109. The third kappa shape index (κ3) is 7.93. The average Bonchev–Trinajstić information content (AvgIpc) is 2.25. The van der Waals surface area contributed by atoms with E-state index in [4.69, 9.17) is 9.05 Å². The van der Waals surface area contributed by atoms with E-state index in [9.17, 15) is 9.46 Å². The predicted molar refractivity (Wildman–Crippen MR) is 69.9 cm³/mol. The number of rotatable bonds is 8. The van der Waals surface area contributed by atoms with Gasteiger partial charge in [-0.3, -0.25) is 9.05 Å². The molecule has 5 heteroatoms. The lowest BCUT2D eigenvalue weighted by atomic mass is 9.92. The average molecular weight is 266 g/mol. The molecular weight excluding hydrogens is 239 g/mol. The van der Waals surface area contributed by atoms with Gasteiger partial charge in [0.05, 0.1) is 13.2 Å². The van der Waals surface area contributed by atoms with Gasteiger partial charge in [-0.1, -0.05) is 41.5 Å². The lowest BCUT2D eigenvalue weighted by molar-refractivity contribution is 0.0765. The monoisotopic (exact) mass is 266 g/mol. The Labute approximate surface area is 105 Å². The summed E-state index contributed by atoms with van der Waals surface area (Å²) in [6, 6.07) is 0. The van der Waals surface area contributed by atoms with Crippen LogP contribution in [-0.4, -0.2) is 18.1 Å². The van der Waals surface area contributed by atoms with Crippen LogP contribution in [0, 0.1) is 10.8 Å². The van der Waals surface area contributed by atoms with E-state index >= 15 is 0 Å². The van der Waals surface area contributed by atoms with Gasteiger partial charge in [0, 0.05) is 0 Å². The van der Waals surface area contributed by atoms with Crippen LogP contribution in [0.1, 0.15) is 54.4 Å². The van der Waals surface area contributed by atoms with E-state index in [0.717, 1.165) is 12.8 Å². The summed E-state index contributed by atoms with van der Waals surface area (Å²) in [6.45, 7) is 12.4. The second-order valence-corrected chi connectivity index (χ2v) is 7.50. The smallest absolute Gasteiger partial charge is 0.302 e. The zero-order chi connectivity index (χ0) is 13.7. The van der Waals surface area contributed by atoms with Crippen LogP contribution in [0.25, 0.3) is 0 Å². The Morgan fingerprint density at radius 2 is 1.24 bits per heavy atom. The molecule has 17 heavy (non-hydrogen) atoms. The van der Waals surface area contributed by atoms with E-state index in [-0.39, 0.29) is 24.0 Å². The van der Waals surface area contributed by atoms with E-state index in [0.29, 0.717) is 0 Å². The molecule has 0 heterocycles. The first-order valence-corrected chi connectivity index (χ1v) is 7.65. The largest absolute Gasteiger partial charge is 0.472 e. The summed E-state index contributed by atoms with van der Waals surface area (Å²) in [7, 11) is -3.91. The predicted octanol–water partition coefficient (Wildman–Crippen LogP) is 3.99. The van der Waals surface area contributed by atoms with E-state index in [1.807, 2.05) is 41.5 Å². The highest BCUT2D eigenvalue weighted by Gasteiger charge is 2.28. The summed E-state index contributed by atoms with van der Waals surface area (Å²) in [6.07, 6.45) is 1.76. The maximum Gasteiger partial charge on any atom is 0.472 e. The molecule has 0 unspecified atom stereocenters. The van der Waals surface area contributed by atoms with Gasteiger partial charge >= 0.3 is 7.82 Å². The Morgan fingerprint density at radius 1 is 0.941 bits per heavy atom. The molecule has 0 rings (SSSR count). The Hall–Kier alpha value is 0.110. The summed E-state index contributed by atoms with van der Waals surface area (Å²) in [5, 5.41) is 0. The molecule has 0 radical (unpaired) electrons. The van der Waals surface area contributed by atoms with Crippen molar-refractivity contribution in [2.45, 2.75) is 54.4 Å². The zero-order valence-electron chi connectivity index (χ0n) is 11.9. The van der Waals surface area contributed by atoms with Crippen LogP contribution < -0.4 is 0 Å². The molecule has 0 atom stereocenters. The van der Waals surface area contributed by atoms with Gasteiger partial charge < -0.3 is 4.89 Å². The molecule has 0 saturated carbocycles. The first kappa shape index (κ1) is 17.1. The highest BCUT2D eigenvalue weighted by molar-refractivity contribution is 7.47. The SMILES string of the molecule is CCC(C)(C)COP(=O)(O)OCC(C)(C)CC. The van der Waals surface area contributed by atoms with Crippen molar-refractivity contribution in [1.82, 2.24) is 0 Å². The Kier molecular flexibility index (Phi) is 6.37. The van der Waals surface area contributed by atoms with Gasteiger partial charge in [-0.25, -0.2) is 4.57 Å². The fourth-order valence-electron chi connectivity index (χ4n) is 0.754. The number of hydrogen-bond donors (Lipinski definition) is 1. The maximum atomic E-state index is 11.7. The minimum atomic E-state index is -3.91. The first-order valence-electron chi connectivity index (χ1n) is 6.15. The second kappa shape index (κ2) is 6.33. The molecule has 1 N–H and O–H groups in total. The van der Waals surface area contributed by atoms with Gasteiger partial charge in [-0.15, -0.1) is 0 Å². The summed E-state index contributed by atoms with van der Waals surface area (Å²) >= 11 is 0. The van der Waals surface area contributed by atoms with Crippen molar-refractivity contribution in [2.75, 3.05) is 13.2 Å². The van der Waals surface area contributed by atoms with Crippen molar-refractivity contribution >= 4 is 7.82 Å². The van der Waals surface area contributed by atoms with Crippen molar-refractivity contribution < 1.29 is 18.5 Å². The van der Waals surface area contributed by atoms with E-state index in [2.05, 4.69) is 0 Å². The van der Waals surface area contributed by atoms with Gasteiger partial charge in [-0.2, -0.15) is 0 Å². The maximum absolute atomic E-state index is 11.7. The molecule has 0 amide bonds. The van der Waals surface area contributed by atoms with Crippen molar-refractivity contribution in [3.63, 3.8) is 0 Å². The van der Waals surface area contributed by atoms with Crippen molar-refractivity contribution in [3.8, 4) is 0 Å². The molecule has 0 fully saturated rings. The van der Waals surface area contributed by atoms with Gasteiger partial charge in [0.25, 0.3) is 0 Å². The second-order valence-electron chi connectivity index (χ2n) is 6.05. The van der Waals surface area contributed by atoms with Gasteiger partial charge in [0.2, 0.25) is 0 Å².